The predicted octanol–water partition coefficient (Wildman–Crippen LogP) is 5.45. The number of hydrogen-bond acceptors (Lipinski definition) is 7. The first-order valence-electron chi connectivity index (χ1n) is 12.0. The third-order valence-corrected chi connectivity index (χ3v) is 6.71. The zero-order valence-electron chi connectivity index (χ0n) is 20.2. The molecule has 1 N–H and O–H groups in total. The Morgan fingerprint density at radius 2 is 2.15 bits per heavy atom. The highest BCUT2D eigenvalue weighted by Gasteiger charge is 2.29. The Kier molecular flexibility index (Phi) is 8.76. The second kappa shape index (κ2) is 11.7. The van der Waals surface area contributed by atoms with Crippen molar-refractivity contribution < 1.29 is 9.63 Å². The quantitative estimate of drug-likeness (QED) is 0.289. The van der Waals surface area contributed by atoms with Crippen LogP contribution in [0.1, 0.15) is 56.7 Å². The van der Waals surface area contributed by atoms with Crippen molar-refractivity contribution in [2.24, 2.45) is 16.8 Å². The van der Waals surface area contributed by atoms with Crippen LogP contribution in [0.15, 0.2) is 45.8 Å². The van der Waals surface area contributed by atoms with Crippen molar-refractivity contribution in [1.82, 2.24) is 10.1 Å². The Morgan fingerprint density at radius 3 is 2.82 bits per heavy atom. The zero-order chi connectivity index (χ0) is 23.8. The lowest BCUT2D eigenvalue weighted by molar-refractivity contribution is 0.222. The van der Waals surface area contributed by atoms with Crippen molar-refractivity contribution in [3.05, 3.63) is 47.5 Å². The van der Waals surface area contributed by atoms with Crippen molar-refractivity contribution in [3.63, 3.8) is 0 Å². The molecule has 0 spiro atoms. The van der Waals surface area contributed by atoms with Gasteiger partial charge >= 0.3 is 0 Å². The smallest absolute Gasteiger partial charge is 0.237 e. The van der Waals surface area contributed by atoms with Crippen LogP contribution in [0.2, 0.25) is 0 Å². The number of rotatable bonds is 10. The van der Waals surface area contributed by atoms with Crippen LogP contribution in [0.25, 0.3) is 0 Å². The van der Waals surface area contributed by atoms with E-state index in [1.54, 1.807) is 6.08 Å². The fourth-order valence-corrected chi connectivity index (χ4v) is 4.80. The largest absolute Gasteiger partial charge is 0.495 e. The summed E-state index contributed by atoms with van der Waals surface area (Å²) in [6.45, 7) is 12.2. The Hall–Kier alpha value is -3.01. The van der Waals surface area contributed by atoms with Gasteiger partial charge in [0, 0.05) is 30.8 Å². The summed E-state index contributed by atoms with van der Waals surface area (Å²) in [6.07, 6.45) is 13.5. The molecule has 3 rings (SSSR count). The minimum Gasteiger partial charge on any atom is -0.495 e. The number of nitriles is 1. The summed E-state index contributed by atoms with van der Waals surface area (Å²) >= 11 is 0. The first kappa shape index (κ1) is 24.6. The lowest BCUT2D eigenvalue weighted by Gasteiger charge is -2.34. The van der Waals surface area contributed by atoms with Crippen LogP contribution in [0.5, 0.6) is 0 Å². The van der Waals surface area contributed by atoms with Gasteiger partial charge in [-0.15, -0.1) is 0 Å². The molecule has 7 nitrogen and oxygen atoms in total. The Morgan fingerprint density at radius 1 is 1.36 bits per heavy atom. The summed E-state index contributed by atoms with van der Waals surface area (Å²) in [7, 11) is 0. The molecule has 2 aliphatic rings. The molecule has 178 valence electrons. The lowest BCUT2D eigenvalue weighted by atomic mass is 9.81. The molecule has 0 saturated heterocycles. The third kappa shape index (κ3) is 6.50. The fourth-order valence-electron chi connectivity index (χ4n) is 4.80. The number of allylic oxidation sites excluding steroid dienone is 3. The van der Waals surface area contributed by atoms with Crippen LogP contribution < -0.4 is 4.90 Å². The molecular weight excluding hydrogens is 414 g/mol. The SMILES string of the molecule is C=C/C(C#N)=C\CC1CN(CC2CCCC(CN(/C(O)=C\CC)c3onc(C)c3C)C2)C=N1. The Balaban J connectivity index is 1.57. The normalized spacial score (nSPS) is 23.6. The van der Waals surface area contributed by atoms with E-state index in [2.05, 4.69) is 27.7 Å². The first-order valence-corrected chi connectivity index (χ1v) is 12.0. The number of hydrogen-bond donors (Lipinski definition) is 1. The van der Waals surface area contributed by atoms with Crippen LogP contribution in [0.3, 0.4) is 0 Å². The highest BCUT2D eigenvalue weighted by atomic mass is 16.5. The number of aliphatic imine (C=N–C) groups is 1. The summed E-state index contributed by atoms with van der Waals surface area (Å²) in [5.74, 6) is 1.97. The van der Waals surface area contributed by atoms with Gasteiger partial charge in [-0.05, 0) is 63.9 Å². The summed E-state index contributed by atoms with van der Waals surface area (Å²) in [6, 6.07) is 2.35. The number of aliphatic hydroxyl groups excluding tert-OH is 1. The molecule has 1 aliphatic heterocycles. The predicted molar refractivity (Wildman–Crippen MR) is 132 cm³/mol. The zero-order valence-corrected chi connectivity index (χ0v) is 20.2. The maximum Gasteiger partial charge on any atom is 0.237 e. The highest BCUT2D eigenvalue weighted by Crippen LogP contribution is 2.34. The summed E-state index contributed by atoms with van der Waals surface area (Å²) in [5, 5.41) is 23.9. The molecule has 3 unspecified atom stereocenters. The van der Waals surface area contributed by atoms with Gasteiger partial charge in [-0.3, -0.25) is 9.89 Å². The van der Waals surface area contributed by atoms with Crippen molar-refractivity contribution in [1.29, 1.82) is 5.26 Å². The molecule has 2 heterocycles. The van der Waals surface area contributed by atoms with E-state index in [0.29, 0.717) is 23.3 Å². The van der Waals surface area contributed by atoms with Gasteiger partial charge in [0.05, 0.1) is 24.1 Å². The number of nitrogens with zero attached hydrogens (tertiary/aromatic N) is 5. The minimum absolute atomic E-state index is 0.206. The molecule has 0 aromatic carbocycles. The summed E-state index contributed by atoms with van der Waals surface area (Å²) < 4.78 is 5.59. The monoisotopic (exact) mass is 451 g/mol. The van der Waals surface area contributed by atoms with Crippen LogP contribution in [-0.4, -0.2) is 47.2 Å². The average molecular weight is 452 g/mol. The molecular formula is C26H37N5O2. The second-order valence-electron chi connectivity index (χ2n) is 9.26. The first-order chi connectivity index (χ1) is 15.9. The second-order valence-corrected chi connectivity index (χ2v) is 9.26. The minimum atomic E-state index is 0.206. The van der Waals surface area contributed by atoms with Gasteiger partial charge in [-0.25, -0.2) is 0 Å². The van der Waals surface area contributed by atoms with Gasteiger partial charge < -0.3 is 14.5 Å². The van der Waals surface area contributed by atoms with Crippen LogP contribution >= 0.6 is 0 Å². The van der Waals surface area contributed by atoms with Crippen molar-refractivity contribution in [2.75, 3.05) is 24.5 Å². The van der Waals surface area contributed by atoms with E-state index in [1.807, 2.05) is 44.2 Å². The fraction of sp³-hybridized carbons (Fsp3) is 0.577. The lowest BCUT2D eigenvalue weighted by Crippen LogP contribution is -2.35. The van der Waals surface area contributed by atoms with E-state index in [0.717, 1.165) is 56.6 Å². The summed E-state index contributed by atoms with van der Waals surface area (Å²) in [5.41, 5.74) is 2.44. The Bertz CT molecular complexity index is 939. The van der Waals surface area contributed by atoms with Gasteiger partial charge in [0.1, 0.15) is 0 Å². The third-order valence-electron chi connectivity index (χ3n) is 6.71. The maximum absolute atomic E-state index is 10.7. The van der Waals surface area contributed by atoms with Gasteiger partial charge in [0.2, 0.25) is 5.88 Å². The molecule has 33 heavy (non-hydrogen) atoms. The molecule has 3 atom stereocenters. The van der Waals surface area contributed by atoms with E-state index < -0.39 is 0 Å². The van der Waals surface area contributed by atoms with Gasteiger partial charge in [-0.2, -0.15) is 5.26 Å². The number of aromatic nitrogens is 1. The average Bonchev–Trinajstić information content (AvgIpc) is 3.39. The Labute approximate surface area is 197 Å². The number of aliphatic hydroxyl groups is 1. The van der Waals surface area contributed by atoms with E-state index in [1.165, 1.54) is 12.8 Å². The van der Waals surface area contributed by atoms with E-state index in [9.17, 15) is 5.11 Å². The highest BCUT2D eigenvalue weighted by molar-refractivity contribution is 5.58. The van der Waals surface area contributed by atoms with E-state index >= 15 is 0 Å². The van der Waals surface area contributed by atoms with Crippen molar-refractivity contribution in [2.45, 2.75) is 65.3 Å². The molecule has 1 aromatic rings. The van der Waals surface area contributed by atoms with Crippen LogP contribution in [-0.2, 0) is 0 Å². The van der Waals surface area contributed by atoms with Crippen molar-refractivity contribution >= 4 is 12.2 Å². The molecule has 1 saturated carbocycles. The van der Waals surface area contributed by atoms with Gasteiger partial charge in [0.25, 0.3) is 0 Å². The molecule has 1 fully saturated rings. The molecule has 1 aliphatic carbocycles. The van der Waals surface area contributed by atoms with E-state index in [-0.39, 0.29) is 11.9 Å². The molecule has 0 amide bonds. The van der Waals surface area contributed by atoms with E-state index in [4.69, 9.17) is 9.78 Å². The van der Waals surface area contributed by atoms with Crippen molar-refractivity contribution in [3.8, 4) is 6.07 Å². The van der Waals surface area contributed by atoms with Gasteiger partial charge in [-0.1, -0.05) is 37.2 Å². The van der Waals surface area contributed by atoms with Crippen LogP contribution in [0, 0.1) is 37.0 Å². The van der Waals surface area contributed by atoms with Gasteiger partial charge in [0.15, 0.2) is 5.88 Å². The van der Waals surface area contributed by atoms with Crippen LogP contribution in [0.4, 0.5) is 5.88 Å². The standard InChI is InChI=1S/C26H37N5O2/c1-5-8-25(32)31(26-19(3)20(4)29-33-26)16-23-10-7-9-22(13-23)15-30-17-24(28-18-30)12-11-21(6-2)14-27/h6,8,11,18,22-24,32H,2,5,7,9-10,12-13,15-17H2,1,3-4H3/b21-11+,25-8+. The molecule has 7 heteroatoms. The topological polar surface area (TPSA) is 88.9 Å². The maximum atomic E-state index is 10.7. The number of anilines is 1. The summed E-state index contributed by atoms with van der Waals surface area (Å²) in [4.78, 5) is 8.85. The number of aryl methyl sites for hydroxylation is 1. The molecule has 1 aromatic heterocycles. The molecule has 0 bridgehead atoms. The molecule has 0 radical (unpaired) electrons.